The first-order chi connectivity index (χ1) is 15.1. The molecule has 6 nitrogen and oxygen atoms in total. The molecule has 1 aliphatic rings. The second-order valence-corrected chi connectivity index (χ2v) is 7.54. The maximum Gasteiger partial charge on any atom is 0.573 e. The van der Waals surface area contributed by atoms with Crippen LogP contribution in [0.25, 0.3) is 11.3 Å². The van der Waals surface area contributed by atoms with Crippen molar-refractivity contribution in [3.63, 3.8) is 0 Å². The number of hydrogen-bond acceptors (Lipinski definition) is 4. The molecule has 1 aromatic heterocycles. The van der Waals surface area contributed by atoms with Gasteiger partial charge >= 0.3 is 12.4 Å². The van der Waals surface area contributed by atoms with Crippen molar-refractivity contribution in [2.24, 2.45) is 0 Å². The van der Waals surface area contributed by atoms with Gasteiger partial charge in [0.1, 0.15) is 11.3 Å². The summed E-state index contributed by atoms with van der Waals surface area (Å²) in [4.78, 5) is 31.0. The van der Waals surface area contributed by atoms with Crippen molar-refractivity contribution in [2.45, 2.75) is 25.2 Å². The van der Waals surface area contributed by atoms with E-state index < -0.39 is 29.6 Å². The summed E-state index contributed by atoms with van der Waals surface area (Å²) in [5, 5.41) is 2.69. The van der Waals surface area contributed by atoms with Crippen LogP contribution in [0.3, 0.4) is 0 Å². The Hall–Kier alpha value is -3.88. The number of imide groups is 1. The topological polar surface area (TPSA) is 71.5 Å². The highest BCUT2D eigenvalue weighted by molar-refractivity contribution is 6.23. The van der Waals surface area contributed by atoms with Gasteiger partial charge in [-0.3, -0.25) is 9.78 Å². The lowest BCUT2D eigenvalue weighted by atomic mass is 9.92. The molecule has 1 unspecified atom stereocenters. The van der Waals surface area contributed by atoms with Crippen molar-refractivity contribution in [1.29, 1.82) is 0 Å². The molecule has 1 atom stereocenters. The number of carbonyl (C=O) groups excluding carboxylic acids is 2. The number of urea groups is 1. The van der Waals surface area contributed by atoms with E-state index in [-0.39, 0.29) is 12.1 Å². The Kier molecular flexibility index (Phi) is 5.33. The normalized spacial score (nSPS) is 18.6. The van der Waals surface area contributed by atoms with Crippen LogP contribution in [0.1, 0.15) is 12.5 Å². The molecule has 0 spiro atoms. The average molecular weight is 441 g/mol. The zero-order valence-electron chi connectivity index (χ0n) is 16.9. The Balaban J connectivity index is 1.54. The lowest BCUT2D eigenvalue weighted by molar-refractivity contribution is -0.274. The van der Waals surface area contributed by atoms with E-state index in [0.29, 0.717) is 0 Å². The van der Waals surface area contributed by atoms with Crippen LogP contribution < -0.4 is 15.0 Å². The molecule has 2 aromatic carbocycles. The molecule has 3 amide bonds. The van der Waals surface area contributed by atoms with Crippen LogP contribution in [0.2, 0.25) is 0 Å². The Morgan fingerprint density at radius 1 is 1.03 bits per heavy atom. The summed E-state index contributed by atoms with van der Waals surface area (Å²) in [5.74, 6) is -0.952. The van der Waals surface area contributed by atoms with Gasteiger partial charge in [-0.1, -0.05) is 30.3 Å². The van der Waals surface area contributed by atoms with E-state index in [1.807, 2.05) is 36.4 Å². The van der Waals surface area contributed by atoms with Crippen molar-refractivity contribution in [3.8, 4) is 17.0 Å². The standard InChI is InChI=1S/C23H18F3N3O3/c1-22(14-15-11-12-27-19(13-15)16-5-3-2-4-6-16)20(30)29(21(31)28-22)17-7-9-18(10-8-17)32-23(24,25)26/h2-13H,14H2,1H3,(H,28,31). The Morgan fingerprint density at radius 2 is 1.72 bits per heavy atom. The molecular formula is C23H18F3N3O3. The molecule has 0 bridgehead atoms. The van der Waals surface area contributed by atoms with Gasteiger partial charge in [-0.05, 0) is 48.9 Å². The van der Waals surface area contributed by atoms with E-state index >= 15 is 0 Å². The molecular weight excluding hydrogens is 423 g/mol. The summed E-state index contributed by atoms with van der Waals surface area (Å²) in [6, 6.07) is 17.1. The minimum Gasteiger partial charge on any atom is -0.406 e. The van der Waals surface area contributed by atoms with Gasteiger partial charge in [-0.25, -0.2) is 9.69 Å². The third-order valence-corrected chi connectivity index (χ3v) is 5.04. The lowest BCUT2D eigenvalue weighted by Gasteiger charge is -2.22. The molecule has 1 fully saturated rings. The van der Waals surface area contributed by atoms with Crippen molar-refractivity contribution >= 4 is 17.6 Å². The predicted molar refractivity (Wildman–Crippen MR) is 111 cm³/mol. The fraction of sp³-hybridized carbons (Fsp3) is 0.174. The molecule has 0 saturated carbocycles. The van der Waals surface area contributed by atoms with Gasteiger partial charge in [0, 0.05) is 18.2 Å². The van der Waals surface area contributed by atoms with Crippen LogP contribution in [0.15, 0.2) is 72.9 Å². The molecule has 32 heavy (non-hydrogen) atoms. The van der Waals surface area contributed by atoms with Gasteiger partial charge in [0.25, 0.3) is 5.91 Å². The van der Waals surface area contributed by atoms with E-state index in [1.54, 1.807) is 19.2 Å². The monoisotopic (exact) mass is 441 g/mol. The highest BCUT2D eigenvalue weighted by Gasteiger charge is 2.48. The number of nitrogens with one attached hydrogen (secondary N) is 1. The number of alkyl halides is 3. The lowest BCUT2D eigenvalue weighted by Crippen LogP contribution is -2.46. The number of aromatic nitrogens is 1. The minimum atomic E-state index is -4.83. The number of hydrogen-bond donors (Lipinski definition) is 1. The molecule has 0 radical (unpaired) electrons. The fourth-order valence-electron chi connectivity index (χ4n) is 3.59. The van der Waals surface area contributed by atoms with Crippen molar-refractivity contribution in [3.05, 3.63) is 78.5 Å². The van der Waals surface area contributed by atoms with Crippen molar-refractivity contribution in [2.75, 3.05) is 4.90 Å². The quantitative estimate of drug-likeness (QED) is 0.583. The number of ether oxygens (including phenoxy) is 1. The molecule has 1 saturated heterocycles. The van der Waals surface area contributed by atoms with Gasteiger partial charge in [0.2, 0.25) is 0 Å². The molecule has 164 valence electrons. The van der Waals surface area contributed by atoms with Gasteiger partial charge in [-0.2, -0.15) is 0 Å². The van der Waals surface area contributed by atoms with Crippen LogP contribution >= 0.6 is 0 Å². The maximum absolute atomic E-state index is 13.1. The second kappa shape index (κ2) is 7.99. The largest absolute Gasteiger partial charge is 0.573 e. The van der Waals surface area contributed by atoms with E-state index in [0.717, 1.165) is 33.9 Å². The zero-order valence-corrected chi connectivity index (χ0v) is 16.9. The Morgan fingerprint density at radius 3 is 2.38 bits per heavy atom. The summed E-state index contributed by atoms with van der Waals surface area (Å²) in [5.41, 5.74) is 1.37. The van der Waals surface area contributed by atoms with E-state index in [9.17, 15) is 22.8 Å². The third kappa shape index (κ3) is 4.41. The second-order valence-electron chi connectivity index (χ2n) is 7.54. The minimum absolute atomic E-state index is 0.144. The Bertz CT molecular complexity index is 1150. The first-order valence-corrected chi connectivity index (χ1v) is 9.67. The van der Waals surface area contributed by atoms with Gasteiger partial charge in [0.15, 0.2) is 0 Å². The maximum atomic E-state index is 13.1. The first kappa shape index (κ1) is 21.4. The van der Waals surface area contributed by atoms with Gasteiger partial charge in [0.05, 0.1) is 11.4 Å². The van der Waals surface area contributed by atoms with E-state index in [2.05, 4.69) is 15.0 Å². The number of benzene rings is 2. The van der Waals surface area contributed by atoms with Crippen LogP contribution in [-0.4, -0.2) is 28.8 Å². The summed E-state index contributed by atoms with van der Waals surface area (Å²) < 4.78 is 40.9. The highest BCUT2D eigenvalue weighted by atomic mass is 19.4. The average Bonchev–Trinajstić information content (AvgIpc) is 2.96. The highest BCUT2D eigenvalue weighted by Crippen LogP contribution is 2.30. The SMILES string of the molecule is CC1(Cc2ccnc(-c3ccccc3)c2)NC(=O)N(c2ccc(OC(F)(F)F)cc2)C1=O. The molecule has 9 heteroatoms. The number of nitrogens with zero attached hydrogens (tertiary/aromatic N) is 2. The molecule has 1 aliphatic heterocycles. The molecule has 3 aromatic rings. The van der Waals surface area contributed by atoms with Gasteiger partial charge in [-0.15, -0.1) is 13.2 Å². The Labute approximate surface area is 181 Å². The molecule has 0 aliphatic carbocycles. The fourth-order valence-corrected chi connectivity index (χ4v) is 3.59. The van der Waals surface area contributed by atoms with E-state index in [4.69, 9.17) is 0 Å². The molecule has 1 N–H and O–H groups in total. The van der Waals surface area contributed by atoms with Crippen molar-refractivity contribution in [1.82, 2.24) is 10.3 Å². The first-order valence-electron chi connectivity index (χ1n) is 9.67. The summed E-state index contributed by atoms with van der Waals surface area (Å²) in [6.45, 7) is 1.61. The number of halogens is 3. The van der Waals surface area contributed by atoms with Crippen LogP contribution in [0.5, 0.6) is 5.75 Å². The number of rotatable bonds is 5. The third-order valence-electron chi connectivity index (χ3n) is 5.04. The van der Waals surface area contributed by atoms with Crippen LogP contribution in [0.4, 0.5) is 23.7 Å². The predicted octanol–water partition coefficient (Wildman–Crippen LogP) is 4.70. The van der Waals surface area contributed by atoms with Crippen LogP contribution in [0, 0.1) is 0 Å². The van der Waals surface area contributed by atoms with Crippen LogP contribution in [-0.2, 0) is 11.2 Å². The number of pyridine rings is 1. The van der Waals surface area contributed by atoms with Crippen molar-refractivity contribution < 1.29 is 27.5 Å². The van der Waals surface area contributed by atoms with E-state index in [1.165, 1.54) is 12.1 Å². The summed E-state index contributed by atoms with van der Waals surface area (Å²) >= 11 is 0. The molecule has 2 heterocycles. The number of carbonyl (C=O) groups is 2. The number of amides is 3. The molecule has 4 rings (SSSR count). The summed E-state index contributed by atoms with van der Waals surface area (Å²) in [7, 11) is 0. The zero-order chi connectivity index (χ0) is 22.9. The summed E-state index contributed by atoms with van der Waals surface area (Å²) in [6.07, 6.45) is -2.98. The van der Waals surface area contributed by atoms with Gasteiger partial charge < -0.3 is 10.1 Å². The number of anilines is 1. The smallest absolute Gasteiger partial charge is 0.406 e.